The summed E-state index contributed by atoms with van der Waals surface area (Å²) in [5.41, 5.74) is 0.0528. The number of hydrogen-bond donors (Lipinski definition) is 0. The predicted octanol–water partition coefficient (Wildman–Crippen LogP) is 2.47. The fourth-order valence-corrected chi connectivity index (χ4v) is 3.70. The Morgan fingerprint density at radius 3 is 2.59 bits per heavy atom. The molecule has 1 spiro atoms. The molecule has 0 aromatic carbocycles. The van der Waals surface area contributed by atoms with Gasteiger partial charge in [0.2, 0.25) is 0 Å². The molecule has 0 amide bonds. The van der Waals surface area contributed by atoms with E-state index in [9.17, 15) is 4.79 Å². The smallest absolute Gasteiger partial charge is 0.164 e. The quantitative estimate of drug-likeness (QED) is 0.741. The van der Waals surface area contributed by atoms with Gasteiger partial charge in [-0.25, -0.2) is 0 Å². The minimum atomic E-state index is -0.100. The number of Topliss-reactive ketones (excluding diaryl/α,β-unsaturated/α-hetero) is 1. The zero-order valence-corrected chi connectivity index (χ0v) is 10.5. The van der Waals surface area contributed by atoms with E-state index in [2.05, 4.69) is 0 Å². The summed E-state index contributed by atoms with van der Waals surface area (Å²) in [7, 11) is 0. The summed E-state index contributed by atoms with van der Waals surface area (Å²) in [6, 6.07) is 0. The summed E-state index contributed by atoms with van der Waals surface area (Å²) in [5, 5.41) is 0. The maximum atomic E-state index is 12.4. The van der Waals surface area contributed by atoms with Gasteiger partial charge in [-0.05, 0) is 38.5 Å². The first-order chi connectivity index (χ1) is 8.29. The van der Waals surface area contributed by atoms with Gasteiger partial charge in [-0.1, -0.05) is 12.8 Å². The number of rotatable bonds is 2. The molecule has 17 heavy (non-hydrogen) atoms. The summed E-state index contributed by atoms with van der Waals surface area (Å²) in [5.74, 6) is 0.557. The van der Waals surface area contributed by atoms with Gasteiger partial charge in [0.05, 0.1) is 5.60 Å². The predicted molar refractivity (Wildman–Crippen MR) is 63.9 cm³/mol. The highest BCUT2D eigenvalue weighted by Crippen LogP contribution is 2.42. The van der Waals surface area contributed by atoms with Crippen molar-refractivity contribution in [1.82, 2.24) is 0 Å². The van der Waals surface area contributed by atoms with Crippen molar-refractivity contribution in [3.63, 3.8) is 0 Å². The Hall–Kier alpha value is -0.410. The number of hydrogen-bond acceptors (Lipinski definition) is 3. The summed E-state index contributed by atoms with van der Waals surface area (Å²) in [6.45, 7) is 1.54. The minimum Gasteiger partial charge on any atom is -0.375 e. The normalized spacial score (nSPS) is 36.5. The highest BCUT2D eigenvalue weighted by molar-refractivity contribution is 5.85. The summed E-state index contributed by atoms with van der Waals surface area (Å²) in [4.78, 5) is 12.4. The molecular weight excluding hydrogens is 216 g/mol. The van der Waals surface area contributed by atoms with Crippen LogP contribution in [0.25, 0.3) is 0 Å². The molecule has 0 aromatic heterocycles. The lowest BCUT2D eigenvalue weighted by Crippen LogP contribution is -2.42. The van der Waals surface area contributed by atoms with Gasteiger partial charge in [0.1, 0.15) is 6.10 Å². The maximum Gasteiger partial charge on any atom is 0.164 e. The van der Waals surface area contributed by atoms with Gasteiger partial charge in [-0.15, -0.1) is 0 Å². The van der Waals surface area contributed by atoms with Gasteiger partial charge in [-0.3, -0.25) is 4.79 Å². The number of carbonyl (C=O) groups excluding carboxylic acids is 1. The molecule has 3 fully saturated rings. The lowest BCUT2D eigenvalue weighted by molar-refractivity contribution is -0.144. The molecule has 2 saturated heterocycles. The highest BCUT2D eigenvalue weighted by atomic mass is 16.5. The van der Waals surface area contributed by atoms with Crippen molar-refractivity contribution in [3.8, 4) is 0 Å². The van der Waals surface area contributed by atoms with Crippen molar-refractivity contribution in [2.24, 2.45) is 5.92 Å². The van der Waals surface area contributed by atoms with Gasteiger partial charge < -0.3 is 9.47 Å². The number of ketones is 1. The third-order valence-corrected chi connectivity index (χ3v) is 4.66. The topological polar surface area (TPSA) is 35.5 Å². The number of carbonyl (C=O) groups is 1. The Labute approximate surface area is 103 Å². The SMILES string of the molecule is O=C(C1CCOC2(CCCC2)C1)C1CCCO1. The highest BCUT2D eigenvalue weighted by Gasteiger charge is 2.43. The molecule has 2 atom stereocenters. The van der Waals surface area contributed by atoms with E-state index >= 15 is 0 Å². The van der Waals surface area contributed by atoms with Gasteiger partial charge in [0, 0.05) is 19.1 Å². The first-order valence-corrected chi connectivity index (χ1v) is 7.08. The summed E-state index contributed by atoms with van der Waals surface area (Å²) >= 11 is 0. The van der Waals surface area contributed by atoms with E-state index in [4.69, 9.17) is 9.47 Å². The maximum absolute atomic E-state index is 12.4. The van der Waals surface area contributed by atoms with E-state index in [0.29, 0.717) is 5.78 Å². The molecule has 3 aliphatic rings. The Balaban J connectivity index is 1.64. The fourth-order valence-electron chi connectivity index (χ4n) is 3.70. The molecular formula is C14H22O3. The molecule has 0 aromatic rings. The third kappa shape index (κ3) is 2.27. The molecule has 96 valence electrons. The zero-order chi connectivity index (χ0) is 11.7. The molecule has 0 radical (unpaired) electrons. The zero-order valence-electron chi connectivity index (χ0n) is 10.5. The van der Waals surface area contributed by atoms with E-state index < -0.39 is 0 Å². The molecule has 1 saturated carbocycles. The molecule has 2 heterocycles. The van der Waals surface area contributed by atoms with Crippen LogP contribution in [0.5, 0.6) is 0 Å². The van der Waals surface area contributed by atoms with Crippen molar-refractivity contribution in [2.75, 3.05) is 13.2 Å². The average molecular weight is 238 g/mol. The van der Waals surface area contributed by atoms with Crippen LogP contribution in [-0.4, -0.2) is 30.7 Å². The van der Waals surface area contributed by atoms with Crippen LogP contribution >= 0.6 is 0 Å². The molecule has 2 unspecified atom stereocenters. The fraction of sp³-hybridized carbons (Fsp3) is 0.929. The summed E-state index contributed by atoms with van der Waals surface area (Å²) < 4.78 is 11.5. The van der Waals surface area contributed by atoms with Crippen LogP contribution in [0.2, 0.25) is 0 Å². The van der Waals surface area contributed by atoms with Crippen LogP contribution in [-0.2, 0) is 14.3 Å². The third-order valence-electron chi connectivity index (χ3n) is 4.66. The molecule has 3 rings (SSSR count). The molecule has 0 bridgehead atoms. The standard InChI is InChI=1S/C14H22O3/c15-13(12-4-3-8-16-12)11-5-9-17-14(10-11)6-1-2-7-14/h11-12H,1-10H2. The molecule has 0 N–H and O–H groups in total. The van der Waals surface area contributed by atoms with E-state index in [-0.39, 0.29) is 17.6 Å². The van der Waals surface area contributed by atoms with E-state index in [1.807, 2.05) is 0 Å². The molecule has 1 aliphatic carbocycles. The van der Waals surface area contributed by atoms with Gasteiger partial charge >= 0.3 is 0 Å². The van der Waals surface area contributed by atoms with Gasteiger partial charge in [0.15, 0.2) is 5.78 Å². The van der Waals surface area contributed by atoms with Crippen LogP contribution < -0.4 is 0 Å². The van der Waals surface area contributed by atoms with E-state index in [1.54, 1.807) is 0 Å². The average Bonchev–Trinajstić information content (AvgIpc) is 3.00. The second kappa shape index (κ2) is 4.69. The van der Waals surface area contributed by atoms with Crippen LogP contribution in [0.3, 0.4) is 0 Å². The van der Waals surface area contributed by atoms with Crippen molar-refractivity contribution in [1.29, 1.82) is 0 Å². The largest absolute Gasteiger partial charge is 0.375 e. The Bertz CT molecular complexity index is 288. The molecule has 3 heteroatoms. The van der Waals surface area contributed by atoms with E-state index in [1.165, 1.54) is 12.8 Å². The minimum absolute atomic E-state index is 0.0528. The van der Waals surface area contributed by atoms with Crippen molar-refractivity contribution >= 4 is 5.78 Å². The van der Waals surface area contributed by atoms with Gasteiger partial charge in [-0.2, -0.15) is 0 Å². The van der Waals surface area contributed by atoms with Crippen molar-refractivity contribution < 1.29 is 14.3 Å². The van der Waals surface area contributed by atoms with Gasteiger partial charge in [0.25, 0.3) is 0 Å². The second-order valence-electron chi connectivity index (χ2n) is 5.83. The Kier molecular flexibility index (Phi) is 3.22. The lowest BCUT2D eigenvalue weighted by atomic mass is 9.81. The monoisotopic (exact) mass is 238 g/mol. The Morgan fingerprint density at radius 2 is 1.88 bits per heavy atom. The molecule has 2 aliphatic heterocycles. The van der Waals surface area contributed by atoms with Crippen LogP contribution in [0.15, 0.2) is 0 Å². The number of ether oxygens (including phenoxy) is 2. The second-order valence-corrected chi connectivity index (χ2v) is 5.83. The summed E-state index contributed by atoms with van der Waals surface area (Å²) in [6.07, 6.45) is 8.57. The Morgan fingerprint density at radius 1 is 1.06 bits per heavy atom. The van der Waals surface area contributed by atoms with Crippen LogP contribution in [0.1, 0.15) is 51.4 Å². The molecule has 3 nitrogen and oxygen atoms in total. The first kappa shape index (κ1) is 11.7. The van der Waals surface area contributed by atoms with Crippen LogP contribution in [0.4, 0.5) is 0 Å². The van der Waals surface area contributed by atoms with Crippen molar-refractivity contribution in [3.05, 3.63) is 0 Å². The van der Waals surface area contributed by atoms with Crippen molar-refractivity contribution in [2.45, 2.75) is 63.1 Å². The van der Waals surface area contributed by atoms with E-state index in [0.717, 1.165) is 51.7 Å². The first-order valence-electron chi connectivity index (χ1n) is 7.08. The van der Waals surface area contributed by atoms with Crippen LogP contribution in [0, 0.1) is 5.92 Å². The lowest BCUT2D eigenvalue weighted by Gasteiger charge is -2.38.